The van der Waals surface area contributed by atoms with Crippen LogP contribution >= 0.6 is 0 Å². The van der Waals surface area contributed by atoms with Gasteiger partial charge in [-0.05, 0) is 19.8 Å². The Hall–Kier alpha value is -0.570. The lowest BCUT2D eigenvalue weighted by atomic mass is 10.1. The molecule has 0 saturated carbocycles. The average molecular weight is 187 g/mol. The summed E-state index contributed by atoms with van der Waals surface area (Å²) >= 11 is 0. The summed E-state index contributed by atoms with van der Waals surface area (Å²) in [6.07, 6.45) is 6.56. The Labute approximate surface area is 80.3 Å². The minimum atomic E-state index is -0.205. The van der Waals surface area contributed by atoms with Gasteiger partial charge >= 0.3 is 0 Å². The van der Waals surface area contributed by atoms with E-state index in [0.717, 1.165) is 38.5 Å². The predicted octanol–water partition coefficient (Wildman–Crippen LogP) is 1.58. The zero-order valence-electron chi connectivity index (χ0n) is 8.46. The number of unbranched alkanes of at least 4 members (excludes halogenated alkanes) is 4. The van der Waals surface area contributed by atoms with Crippen LogP contribution in [0.3, 0.4) is 0 Å². The highest BCUT2D eigenvalue weighted by atomic mass is 16.3. The molecule has 1 unspecified atom stereocenters. The molecule has 0 aromatic rings. The van der Waals surface area contributed by atoms with E-state index in [1.165, 1.54) is 0 Å². The van der Waals surface area contributed by atoms with Crippen LogP contribution in [0.25, 0.3) is 0 Å². The Balaban J connectivity index is 2.96. The molecule has 78 valence electrons. The van der Waals surface area contributed by atoms with Gasteiger partial charge in [0.15, 0.2) is 0 Å². The van der Waals surface area contributed by atoms with E-state index in [2.05, 4.69) is 0 Å². The molecule has 0 aliphatic carbocycles. The van der Waals surface area contributed by atoms with E-state index in [0.29, 0.717) is 6.42 Å². The summed E-state index contributed by atoms with van der Waals surface area (Å²) in [6.45, 7) is 1.81. The van der Waals surface area contributed by atoms with Gasteiger partial charge in [0.25, 0.3) is 0 Å². The molecule has 3 heteroatoms. The summed E-state index contributed by atoms with van der Waals surface area (Å²) in [6, 6.07) is 0. The molecule has 1 amide bonds. The average Bonchev–Trinajstić information content (AvgIpc) is 2.01. The second-order valence-electron chi connectivity index (χ2n) is 3.62. The summed E-state index contributed by atoms with van der Waals surface area (Å²) in [5, 5.41) is 8.97. The summed E-state index contributed by atoms with van der Waals surface area (Å²) in [5.41, 5.74) is 5.00. The maximum absolute atomic E-state index is 10.4. The first-order valence-corrected chi connectivity index (χ1v) is 5.09. The Morgan fingerprint density at radius 3 is 2.31 bits per heavy atom. The van der Waals surface area contributed by atoms with Crippen LogP contribution in [0.15, 0.2) is 0 Å². The van der Waals surface area contributed by atoms with Crippen molar-refractivity contribution in [1.82, 2.24) is 0 Å². The number of primary amides is 1. The lowest BCUT2D eigenvalue weighted by molar-refractivity contribution is -0.118. The lowest BCUT2D eigenvalue weighted by Crippen LogP contribution is -2.09. The minimum Gasteiger partial charge on any atom is -0.393 e. The number of carbonyl (C=O) groups excluding carboxylic acids is 1. The normalized spacial score (nSPS) is 12.8. The Morgan fingerprint density at radius 2 is 1.77 bits per heavy atom. The van der Waals surface area contributed by atoms with Crippen molar-refractivity contribution in [3.05, 3.63) is 0 Å². The molecule has 0 heterocycles. The number of nitrogens with two attached hydrogens (primary N) is 1. The van der Waals surface area contributed by atoms with Gasteiger partial charge in [-0.1, -0.05) is 25.7 Å². The molecule has 0 aliphatic rings. The van der Waals surface area contributed by atoms with Crippen molar-refractivity contribution in [2.45, 2.75) is 58.0 Å². The Morgan fingerprint density at radius 1 is 1.23 bits per heavy atom. The molecule has 0 saturated heterocycles. The van der Waals surface area contributed by atoms with Crippen molar-refractivity contribution in [2.75, 3.05) is 0 Å². The third-order valence-electron chi connectivity index (χ3n) is 2.05. The van der Waals surface area contributed by atoms with Crippen LogP contribution in [-0.4, -0.2) is 17.1 Å². The molecule has 0 spiro atoms. The molecule has 0 fully saturated rings. The molecule has 0 aliphatic heterocycles. The third-order valence-corrected chi connectivity index (χ3v) is 2.05. The number of rotatable bonds is 8. The fourth-order valence-electron chi connectivity index (χ4n) is 1.27. The van der Waals surface area contributed by atoms with Gasteiger partial charge in [-0.15, -0.1) is 0 Å². The summed E-state index contributed by atoms with van der Waals surface area (Å²) < 4.78 is 0. The van der Waals surface area contributed by atoms with Gasteiger partial charge in [0.05, 0.1) is 6.10 Å². The monoisotopic (exact) mass is 187 g/mol. The first kappa shape index (κ1) is 12.4. The van der Waals surface area contributed by atoms with Crippen LogP contribution in [0.5, 0.6) is 0 Å². The van der Waals surface area contributed by atoms with Crippen LogP contribution in [0.2, 0.25) is 0 Å². The van der Waals surface area contributed by atoms with Gasteiger partial charge in [0, 0.05) is 6.42 Å². The van der Waals surface area contributed by atoms with Crippen LogP contribution < -0.4 is 5.73 Å². The SMILES string of the molecule is CC(O)CCCCCCCC(N)=O. The van der Waals surface area contributed by atoms with E-state index >= 15 is 0 Å². The highest BCUT2D eigenvalue weighted by molar-refractivity contribution is 5.73. The fraction of sp³-hybridized carbons (Fsp3) is 0.900. The molecule has 1 atom stereocenters. The van der Waals surface area contributed by atoms with Crippen molar-refractivity contribution < 1.29 is 9.90 Å². The maximum atomic E-state index is 10.4. The Kier molecular flexibility index (Phi) is 7.69. The van der Waals surface area contributed by atoms with E-state index in [4.69, 9.17) is 10.8 Å². The lowest BCUT2D eigenvalue weighted by Gasteiger charge is -2.03. The first-order chi connectivity index (χ1) is 6.13. The molecule has 0 aromatic carbocycles. The summed E-state index contributed by atoms with van der Waals surface area (Å²) in [7, 11) is 0. The topological polar surface area (TPSA) is 63.3 Å². The highest BCUT2D eigenvalue weighted by Crippen LogP contribution is 2.08. The molecule has 3 N–H and O–H groups in total. The number of hydrogen-bond donors (Lipinski definition) is 2. The zero-order chi connectivity index (χ0) is 10.1. The van der Waals surface area contributed by atoms with Gasteiger partial charge in [0.1, 0.15) is 0 Å². The van der Waals surface area contributed by atoms with Crippen molar-refractivity contribution in [3.63, 3.8) is 0 Å². The van der Waals surface area contributed by atoms with E-state index < -0.39 is 0 Å². The van der Waals surface area contributed by atoms with Crippen LogP contribution in [0.1, 0.15) is 51.9 Å². The quantitative estimate of drug-likeness (QED) is 0.567. The van der Waals surface area contributed by atoms with Gasteiger partial charge in [-0.3, -0.25) is 4.79 Å². The molecule has 0 bridgehead atoms. The molecule has 13 heavy (non-hydrogen) atoms. The summed E-state index contributed by atoms with van der Waals surface area (Å²) in [5.74, 6) is -0.205. The van der Waals surface area contributed by atoms with E-state index in [1.807, 2.05) is 6.92 Å². The molecule has 3 nitrogen and oxygen atoms in total. The summed E-state index contributed by atoms with van der Waals surface area (Å²) in [4.78, 5) is 10.4. The van der Waals surface area contributed by atoms with Crippen molar-refractivity contribution in [1.29, 1.82) is 0 Å². The van der Waals surface area contributed by atoms with E-state index in [1.54, 1.807) is 0 Å². The smallest absolute Gasteiger partial charge is 0.217 e. The van der Waals surface area contributed by atoms with Gasteiger partial charge < -0.3 is 10.8 Å². The zero-order valence-corrected chi connectivity index (χ0v) is 8.46. The van der Waals surface area contributed by atoms with Crippen LogP contribution in [-0.2, 0) is 4.79 Å². The molecule has 0 aromatic heterocycles. The van der Waals surface area contributed by atoms with Crippen LogP contribution in [0, 0.1) is 0 Å². The number of carbonyl (C=O) groups is 1. The molecular formula is C10H21NO2. The van der Waals surface area contributed by atoms with E-state index in [9.17, 15) is 4.79 Å². The standard InChI is InChI=1S/C10H21NO2/c1-9(12)7-5-3-2-4-6-8-10(11)13/h9,12H,2-8H2,1H3,(H2,11,13). The molecule has 0 radical (unpaired) electrons. The highest BCUT2D eigenvalue weighted by Gasteiger charge is 1.96. The Bertz CT molecular complexity index is 135. The number of amides is 1. The van der Waals surface area contributed by atoms with Gasteiger partial charge in [0.2, 0.25) is 5.91 Å². The predicted molar refractivity (Wildman–Crippen MR) is 53.2 cm³/mol. The minimum absolute atomic E-state index is 0.175. The molecular weight excluding hydrogens is 166 g/mol. The van der Waals surface area contributed by atoms with E-state index in [-0.39, 0.29) is 12.0 Å². The third kappa shape index (κ3) is 11.4. The second kappa shape index (κ2) is 8.05. The molecule has 0 rings (SSSR count). The fourth-order valence-corrected chi connectivity index (χ4v) is 1.27. The number of hydrogen-bond acceptors (Lipinski definition) is 2. The largest absolute Gasteiger partial charge is 0.393 e. The number of aliphatic hydroxyl groups excluding tert-OH is 1. The van der Waals surface area contributed by atoms with Gasteiger partial charge in [-0.25, -0.2) is 0 Å². The second-order valence-corrected chi connectivity index (χ2v) is 3.62. The van der Waals surface area contributed by atoms with Gasteiger partial charge in [-0.2, -0.15) is 0 Å². The van der Waals surface area contributed by atoms with Crippen molar-refractivity contribution in [2.24, 2.45) is 5.73 Å². The maximum Gasteiger partial charge on any atom is 0.217 e. The van der Waals surface area contributed by atoms with Crippen LogP contribution in [0.4, 0.5) is 0 Å². The first-order valence-electron chi connectivity index (χ1n) is 5.09. The van der Waals surface area contributed by atoms with Crippen molar-refractivity contribution in [3.8, 4) is 0 Å². The van der Waals surface area contributed by atoms with Crippen molar-refractivity contribution >= 4 is 5.91 Å². The number of aliphatic hydroxyl groups is 1.